The fourth-order valence-corrected chi connectivity index (χ4v) is 2.05. The maximum atomic E-state index is 13.3. The van der Waals surface area contributed by atoms with Crippen molar-refractivity contribution in [3.05, 3.63) is 71.3 Å². The topological polar surface area (TPSA) is 12.0 Å². The zero-order valence-corrected chi connectivity index (χ0v) is 11.3. The molecule has 5 radical (unpaired) electrons. The summed E-state index contributed by atoms with van der Waals surface area (Å²) < 4.78 is 14.5. The van der Waals surface area contributed by atoms with Gasteiger partial charge in [0.15, 0.2) is 0 Å². The quantitative estimate of drug-likeness (QED) is 0.818. The zero-order chi connectivity index (χ0) is 12.1. The summed E-state index contributed by atoms with van der Waals surface area (Å²) in [7, 11) is 0. The predicted molar refractivity (Wildman–Crippen MR) is 77.4 cm³/mol. The molecule has 0 unspecified atom stereocenters. The van der Waals surface area contributed by atoms with Crippen LogP contribution in [0.25, 0.3) is 0 Å². The standard InChI is InChI=1S/C14H12FIN/c15-13-7-3-4-8-14(13)17-10-12(16)9-11-5-1-2-6-11/h1-9,17H,10H2/b12-9-. The van der Waals surface area contributed by atoms with Crippen molar-refractivity contribution < 1.29 is 4.39 Å². The number of hydrogen-bond acceptors (Lipinski definition) is 1. The average molecular weight is 340 g/mol. The van der Waals surface area contributed by atoms with Crippen molar-refractivity contribution in [3.63, 3.8) is 0 Å². The molecule has 1 aromatic rings. The monoisotopic (exact) mass is 340 g/mol. The van der Waals surface area contributed by atoms with Gasteiger partial charge in [0, 0.05) is 16.0 Å². The summed E-state index contributed by atoms with van der Waals surface area (Å²) in [6.07, 6.45) is 10.2. The van der Waals surface area contributed by atoms with Gasteiger partial charge in [-0.2, -0.15) is 0 Å². The maximum Gasteiger partial charge on any atom is 0.146 e. The molecule has 2 rings (SSSR count). The molecule has 1 N–H and O–H groups in total. The van der Waals surface area contributed by atoms with E-state index < -0.39 is 0 Å². The lowest BCUT2D eigenvalue weighted by Crippen LogP contribution is -2.04. The molecule has 1 aromatic carbocycles. The van der Waals surface area contributed by atoms with E-state index in [1.807, 2.05) is 31.7 Å². The van der Waals surface area contributed by atoms with Crippen LogP contribution in [0.1, 0.15) is 0 Å². The summed E-state index contributed by atoms with van der Waals surface area (Å²) in [5.41, 5.74) is 0.539. The number of anilines is 1. The highest BCUT2D eigenvalue weighted by Crippen LogP contribution is 2.27. The first-order valence-corrected chi connectivity index (χ1v) is 6.40. The Morgan fingerprint density at radius 3 is 2.65 bits per heavy atom. The Kier molecular flexibility index (Phi) is 4.83. The number of allylic oxidation sites excluding steroid dienone is 1. The van der Waals surface area contributed by atoms with Crippen LogP contribution in [0.3, 0.4) is 0 Å². The van der Waals surface area contributed by atoms with E-state index in [2.05, 4.69) is 34.0 Å². The van der Waals surface area contributed by atoms with Gasteiger partial charge >= 0.3 is 0 Å². The minimum atomic E-state index is -0.218. The molecule has 0 aliphatic heterocycles. The van der Waals surface area contributed by atoms with Gasteiger partial charge in [-0.25, -0.2) is 4.39 Å². The molecule has 0 heterocycles. The van der Waals surface area contributed by atoms with Gasteiger partial charge in [0.25, 0.3) is 0 Å². The highest BCUT2D eigenvalue weighted by molar-refractivity contribution is 14.1. The summed E-state index contributed by atoms with van der Waals surface area (Å²) in [6.45, 7) is 0.632. The first-order chi connectivity index (χ1) is 8.25. The summed E-state index contributed by atoms with van der Waals surface area (Å²) in [4.78, 5) is 0. The van der Waals surface area contributed by atoms with E-state index >= 15 is 0 Å². The first kappa shape index (κ1) is 12.9. The van der Waals surface area contributed by atoms with Crippen LogP contribution in [-0.2, 0) is 0 Å². The van der Waals surface area contributed by atoms with Crippen LogP contribution in [0.5, 0.6) is 0 Å². The summed E-state index contributed by atoms with van der Waals surface area (Å²) in [5, 5.41) is 3.07. The summed E-state index contributed by atoms with van der Waals surface area (Å²) >= 11 is 2.26. The van der Waals surface area contributed by atoms with Gasteiger partial charge in [-0.05, 0) is 60.4 Å². The Morgan fingerprint density at radius 2 is 1.94 bits per heavy atom. The largest absolute Gasteiger partial charge is 0.378 e. The minimum Gasteiger partial charge on any atom is -0.378 e. The van der Waals surface area contributed by atoms with Crippen LogP contribution < -0.4 is 5.32 Å². The van der Waals surface area contributed by atoms with Gasteiger partial charge in [-0.15, -0.1) is 0 Å². The third-order valence-corrected chi connectivity index (χ3v) is 3.03. The second kappa shape index (κ2) is 6.38. The number of nitrogens with one attached hydrogen (secondary N) is 1. The lowest BCUT2D eigenvalue weighted by atomic mass is 10.1. The molecule has 87 valence electrons. The second-order valence-electron chi connectivity index (χ2n) is 3.64. The van der Waals surface area contributed by atoms with E-state index in [1.165, 1.54) is 12.0 Å². The molecule has 1 aliphatic rings. The second-order valence-corrected chi connectivity index (χ2v) is 5.03. The molecule has 17 heavy (non-hydrogen) atoms. The molecular formula is C14H12FIN. The van der Waals surface area contributed by atoms with E-state index in [0.29, 0.717) is 12.2 Å². The van der Waals surface area contributed by atoms with Gasteiger partial charge in [0.05, 0.1) is 5.69 Å². The number of halogens is 2. The number of hydrogen-bond donors (Lipinski definition) is 1. The highest BCUT2D eigenvalue weighted by Gasteiger charge is 2.14. The minimum absolute atomic E-state index is 0.218. The highest BCUT2D eigenvalue weighted by atomic mass is 127. The molecule has 1 aliphatic carbocycles. The molecule has 1 fully saturated rings. The van der Waals surface area contributed by atoms with E-state index in [0.717, 1.165) is 3.58 Å². The fraction of sp³-hybridized carbons (Fsp3) is 0.0714. The van der Waals surface area contributed by atoms with Gasteiger partial charge in [-0.3, -0.25) is 0 Å². The van der Waals surface area contributed by atoms with Crippen LogP contribution >= 0.6 is 22.6 Å². The Bertz CT molecular complexity index is 397. The molecule has 1 nitrogen and oxygen atoms in total. The van der Waals surface area contributed by atoms with Gasteiger partial charge in [0.1, 0.15) is 5.82 Å². The smallest absolute Gasteiger partial charge is 0.146 e. The average Bonchev–Trinajstić information content (AvgIpc) is 2.81. The SMILES string of the molecule is Fc1ccccc1NC/C(I)=C/[C]1[CH][CH][CH][CH]1. The lowest BCUT2D eigenvalue weighted by molar-refractivity contribution is 0.631. The molecule has 0 atom stereocenters. The molecule has 0 aromatic heterocycles. The maximum absolute atomic E-state index is 13.3. The third kappa shape index (κ3) is 3.98. The Morgan fingerprint density at radius 1 is 1.24 bits per heavy atom. The van der Waals surface area contributed by atoms with Crippen molar-refractivity contribution in [2.45, 2.75) is 0 Å². The molecule has 0 spiro atoms. The van der Waals surface area contributed by atoms with Gasteiger partial charge < -0.3 is 5.32 Å². The lowest BCUT2D eigenvalue weighted by Gasteiger charge is -2.08. The van der Waals surface area contributed by atoms with Crippen molar-refractivity contribution in [1.82, 2.24) is 0 Å². The normalized spacial score (nSPS) is 17.4. The molecule has 3 heteroatoms. The molecule has 0 saturated heterocycles. The third-order valence-electron chi connectivity index (χ3n) is 2.33. The Labute approximate surface area is 116 Å². The molecular weight excluding hydrogens is 328 g/mol. The van der Waals surface area contributed by atoms with Crippen LogP contribution in [0.2, 0.25) is 0 Å². The van der Waals surface area contributed by atoms with E-state index in [4.69, 9.17) is 0 Å². The summed E-state index contributed by atoms with van der Waals surface area (Å²) in [5.74, 6) is 0.953. The van der Waals surface area contributed by atoms with Crippen molar-refractivity contribution >= 4 is 28.3 Å². The van der Waals surface area contributed by atoms with Crippen LogP contribution in [0.15, 0.2) is 33.9 Å². The van der Waals surface area contributed by atoms with Crippen LogP contribution in [0, 0.1) is 37.4 Å². The number of para-hydroxylation sites is 1. The van der Waals surface area contributed by atoms with E-state index in [9.17, 15) is 4.39 Å². The van der Waals surface area contributed by atoms with Gasteiger partial charge in [-0.1, -0.05) is 18.2 Å². The van der Waals surface area contributed by atoms with Crippen molar-refractivity contribution in [2.24, 2.45) is 0 Å². The van der Waals surface area contributed by atoms with Gasteiger partial charge in [0.2, 0.25) is 0 Å². The van der Waals surface area contributed by atoms with Crippen LogP contribution in [-0.4, -0.2) is 6.54 Å². The molecule has 1 saturated carbocycles. The van der Waals surface area contributed by atoms with E-state index in [-0.39, 0.29) is 5.82 Å². The van der Waals surface area contributed by atoms with E-state index in [1.54, 1.807) is 12.1 Å². The number of rotatable bonds is 4. The number of benzene rings is 1. The first-order valence-electron chi connectivity index (χ1n) is 5.32. The Hall–Kier alpha value is -0.580. The van der Waals surface area contributed by atoms with Crippen molar-refractivity contribution in [3.8, 4) is 0 Å². The van der Waals surface area contributed by atoms with Crippen LogP contribution in [0.4, 0.5) is 10.1 Å². The zero-order valence-electron chi connectivity index (χ0n) is 9.16. The Balaban J connectivity index is 1.87. The summed E-state index contributed by atoms with van der Waals surface area (Å²) in [6, 6.07) is 6.70. The fourth-order valence-electron chi connectivity index (χ4n) is 1.50. The van der Waals surface area contributed by atoms with Crippen molar-refractivity contribution in [2.75, 3.05) is 11.9 Å². The van der Waals surface area contributed by atoms with Crippen molar-refractivity contribution in [1.29, 1.82) is 0 Å². The predicted octanol–water partition coefficient (Wildman–Crippen LogP) is 3.96. The molecule has 0 amide bonds. The molecule has 0 bridgehead atoms.